The number of aromatic nitrogens is 2. The second kappa shape index (κ2) is 6.90. The molecule has 0 saturated carbocycles. The molecule has 0 N–H and O–H groups in total. The highest BCUT2D eigenvalue weighted by Gasteiger charge is 2.33. The van der Waals surface area contributed by atoms with Crippen molar-refractivity contribution in [2.45, 2.75) is 32.8 Å². The number of hydrogen-bond donors (Lipinski definition) is 0. The van der Waals surface area contributed by atoms with E-state index in [0.29, 0.717) is 31.2 Å². The van der Waals surface area contributed by atoms with Crippen molar-refractivity contribution in [3.8, 4) is 5.75 Å². The second-order valence-corrected chi connectivity index (χ2v) is 8.15. The molecule has 1 aromatic heterocycles. The summed E-state index contributed by atoms with van der Waals surface area (Å²) in [7, 11) is -3.16. The smallest absolute Gasteiger partial charge is 0.264 e. The fourth-order valence-electron chi connectivity index (χ4n) is 2.65. The van der Waals surface area contributed by atoms with Crippen LogP contribution in [0.15, 0.2) is 28.8 Å². The maximum Gasteiger partial charge on any atom is 0.264 e. The molecule has 1 aliphatic rings. The lowest BCUT2D eigenvalue weighted by molar-refractivity contribution is 0.242. The summed E-state index contributed by atoms with van der Waals surface area (Å²) in [6.07, 6.45) is 0.705. The van der Waals surface area contributed by atoms with Crippen LogP contribution in [0, 0.1) is 6.92 Å². The lowest BCUT2D eigenvalue weighted by atomic mass is 10.1. The Labute approximate surface area is 141 Å². The van der Waals surface area contributed by atoms with Crippen LogP contribution in [0.5, 0.6) is 5.75 Å². The highest BCUT2D eigenvalue weighted by Crippen LogP contribution is 2.27. The summed E-state index contributed by atoms with van der Waals surface area (Å²) in [6.45, 7) is 4.77. The van der Waals surface area contributed by atoms with E-state index in [1.54, 1.807) is 6.92 Å². The number of aryl methyl sites for hydroxylation is 1. The van der Waals surface area contributed by atoms with Gasteiger partial charge in [0.2, 0.25) is 10.0 Å². The average molecular weight is 351 g/mol. The summed E-state index contributed by atoms with van der Waals surface area (Å²) in [5.74, 6) is 1.76. The summed E-state index contributed by atoms with van der Waals surface area (Å²) in [6, 6.07) is 7.71. The standard InChI is InChI=1S/C16H21N3O4S/c1-3-24(20,21)19-9-8-13(10-19)16-17-15(23-18-16)11-22-14-6-4-12(2)5-7-14/h4-7,13H,3,8-11H2,1-2H3. The zero-order chi connectivity index (χ0) is 17.2. The molecule has 8 heteroatoms. The van der Waals surface area contributed by atoms with E-state index in [1.807, 2.05) is 31.2 Å². The van der Waals surface area contributed by atoms with Crippen molar-refractivity contribution < 1.29 is 17.7 Å². The summed E-state index contributed by atoms with van der Waals surface area (Å²) >= 11 is 0. The first-order valence-corrected chi connectivity index (χ1v) is 9.58. The van der Waals surface area contributed by atoms with Crippen LogP contribution in [0.2, 0.25) is 0 Å². The highest BCUT2D eigenvalue weighted by molar-refractivity contribution is 7.89. The van der Waals surface area contributed by atoms with Gasteiger partial charge in [-0.05, 0) is 32.4 Å². The number of sulfonamides is 1. The third-order valence-electron chi connectivity index (χ3n) is 4.14. The van der Waals surface area contributed by atoms with Gasteiger partial charge in [-0.15, -0.1) is 0 Å². The van der Waals surface area contributed by atoms with Crippen molar-refractivity contribution in [3.63, 3.8) is 0 Å². The Hall–Kier alpha value is -1.93. The summed E-state index contributed by atoms with van der Waals surface area (Å²) in [5.41, 5.74) is 1.16. The van der Waals surface area contributed by atoms with Gasteiger partial charge in [-0.3, -0.25) is 0 Å². The SMILES string of the molecule is CCS(=O)(=O)N1CCC(c2noc(COc3ccc(C)cc3)n2)C1. The first-order valence-electron chi connectivity index (χ1n) is 7.97. The first kappa shape index (κ1) is 16.9. The minimum atomic E-state index is -3.16. The predicted octanol–water partition coefficient (Wildman–Crippen LogP) is 2.10. The van der Waals surface area contributed by atoms with Crippen molar-refractivity contribution in [3.05, 3.63) is 41.5 Å². The van der Waals surface area contributed by atoms with Gasteiger partial charge >= 0.3 is 0 Å². The van der Waals surface area contributed by atoms with E-state index in [4.69, 9.17) is 9.26 Å². The van der Waals surface area contributed by atoms with Crippen molar-refractivity contribution in [2.75, 3.05) is 18.8 Å². The van der Waals surface area contributed by atoms with Gasteiger partial charge in [0, 0.05) is 19.0 Å². The van der Waals surface area contributed by atoms with Crippen LogP contribution < -0.4 is 4.74 Å². The molecule has 1 saturated heterocycles. The molecule has 1 atom stereocenters. The van der Waals surface area contributed by atoms with Crippen LogP contribution in [-0.2, 0) is 16.6 Å². The number of benzene rings is 1. The fraction of sp³-hybridized carbons (Fsp3) is 0.500. The van der Waals surface area contributed by atoms with Gasteiger partial charge in [0.1, 0.15) is 5.75 Å². The zero-order valence-electron chi connectivity index (χ0n) is 13.8. The molecule has 2 aromatic rings. The zero-order valence-corrected chi connectivity index (χ0v) is 14.6. The van der Waals surface area contributed by atoms with Crippen LogP contribution >= 0.6 is 0 Å². The molecular weight excluding hydrogens is 330 g/mol. The van der Waals surface area contributed by atoms with Crippen LogP contribution in [0.25, 0.3) is 0 Å². The number of rotatable bonds is 6. The Morgan fingerprint density at radius 3 is 2.79 bits per heavy atom. The molecule has 0 bridgehead atoms. The highest BCUT2D eigenvalue weighted by atomic mass is 32.2. The topological polar surface area (TPSA) is 85.5 Å². The third kappa shape index (κ3) is 3.76. The molecule has 24 heavy (non-hydrogen) atoms. The van der Waals surface area contributed by atoms with Gasteiger partial charge in [-0.2, -0.15) is 4.98 Å². The minimum Gasteiger partial charge on any atom is -0.484 e. The Morgan fingerprint density at radius 2 is 2.08 bits per heavy atom. The van der Waals surface area contributed by atoms with Crippen molar-refractivity contribution in [1.29, 1.82) is 0 Å². The van der Waals surface area contributed by atoms with Crippen molar-refractivity contribution >= 4 is 10.0 Å². The quantitative estimate of drug-likeness (QED) is 0.792. The Balaban J connectivity index is 1.59. The molecule has 3 rings (SSSR count). The maximum absolute atomic E-state index is 11.9. The largest absolute Gasteiger partial charge is 0.484 e. The van der Waals surface area contributed by atoms with Gasteiger partial charge < -0.3 is 9.26 Å². The summed E-state index contributed by atoms with van der Waals surface area (Å²) in [5, 5.41) is 3.98. The third-order valence-corrected chi connectivity index (χ3v) is 5.99. The Bertz CT molecular complexity index is 786. The molecular formula is C16H21N3O4S. The van der Waals surface area contributed by atoms with Gasteiger partial charge in [-0.1, -0.05) is 22.9 Å². The van der Waals surface area contributed by atoms with Gasteiger partial charge in [0.25, 0.3) is 5.89 Å². The van der Waals surface area contributed by atoms with E-state index in [1.165, 1.54) is 4.31 Å². The monoisotopic (exact) mass is 351 g/mol. The van der Waals surface area contributed by atoms with Crippen molar-refractivity contribution in [2.24, 2.45) is 0 Å². The second-order valence-electron chi connectivity index (χ2n) is 5.89. The number of nitrogens with zero attached hydrogens (tertiary/aromatic N) is 3. The molecule has 1 unspecified atom stereocenters. The molecule has 2 heterocycles. The normalized spacial score (nSPS) is 18.8. The summed E-state index contributed by atoms with van der Waals surface area (Å²) in [4.78, 5) is 4.34. The van der Waals surface area contributed by atoms with Crippen molar-refractivity contribution in [1.82, 2.24) is 14.4 Å². The molecule has 130 valence electrons. The summed E-state index contributed by atoms with van der Waals surface area (Å²) < 4.78 is 36.1. The van der Waals surface area contributed by atoms with Crippen LogP contribution in [-0.4, -0.2) is 41.7 Å². The molecule has 1 fully saturated rings. The Morgan fingerprint density at radius 1 is 1.33 bits per heavy atom. The lowest BCUT2D eigenvalue weighted by Gasteiger charge is -2.13. The molecule has 0 radical (unpaired) electrons. The van der Waals surface area contributed by atoms with Crippen LogP contribution in [0.1, 0.15) is 36.5 Å². The van der Waals surface area contributed by atoms with Crippen LogP contribution in [0.4, 0.5) is 0 Å². The van der Waals surface area contributed by atoms with Gasteiger partial charge in [-0.25, -0.2) is 12.7 Å². The first-order chi connectivity index (χ1) is 11.5. The molecule has 7 nitrogen and oxygen atoms in total. The van der Waals surface area contributed by atoms with E-state index in [9.17, 15) is 8.42 Å². The van der Waals surface area contributed by atoms with E-state index in [2.05, 4.69) is 10.1 Å². The average Bonchev–Trinajstić information content (AvgIpc) is 3.23. The minimum absolute atomic E-state index is 0.0248. The molecule has 1 aliphatic heterocycles. The Kier molecular flexibility index (Phi) is 4.86. The number of hydrogen-bond acceptors (Lipinski definition) is 6. The van der Waals surface area contributed by atoms with Gasteiger partial charge in [0.05, 0.1) is 5.75 Å². The predicted molar refractivity (Wildman–Crippen MR) is 88.2 cm³/mol. The maximum atomic E-state index is 11.9. The van der Waals surface area contributed by atoms with E-state index >= 15 is 0 Å². The molecule has 0 spiro atoms. The molecule has 0 amide bonds. The van der Waals surface area contributed by atoms with Gasteiger partial charge in [0.15, 0.2) is 12.4 Å². The lowest BCUT2D eigenvalue weighted by Crippen LogP contribution is -2.30. The van der Waals surface area contributed by atoms with E-state index in [-0.39, 0.29) is 18.3 Å². The van der Waals surface area contributed by atoms with E-state index < -0.39 is 10.0 Å². The van der Waals surface area contributed by atoms with Crippen LogP contribution in [0.3, 0.4) is 0 Å². The number of ether oxygens (including phenoxy) is 1. The van der Waals surface area contributed by atoms with E-state index in [0.717, 1.165) is 11.3 Å². The fourth-order valence-corrected chi connectivity index (χ4v) is 3.80. The molecule has 0 aliphatic carbocycles. The molecule has 1 aromatic carbocycles.